The van der Waals surface area contributed by atoms with Crippen LogP contribution in [0.2, 0.25) is 0 Å². The van der Waals surface area contributed by atoms with Crippen LogP contribution in [-0.4, -0.2) is 56.1 Å². The van der Waals surface area contributed by atoms with E-state index in [9.17, 15) is 0 Å². The number of aliphatic hydroxyl groups excluding tert-OH is 1. The van der Waals surface area contributed by atoms with Crippen LogP contribution in [0, 0.1) is 0 Å². The normalized spacial score (nSPS) is 17.9. The van der Waals surface area contributed by atoms with Crippen LogP contribution in [0.4, 0.5) is 0 Å². The maximum Gasteiger partial charge on any atom is 0.124 e. The highest BCUT2D eigenvalue weighted by Gasteiger charge is 2.12. The molecule has 1 heterocycles. The van der Waals surface area contributed by atoms with E-state index in [1.807, 2.05) is 24.3 Å². The van der Waals surface area contributed by atoms with E-state index < -0.39 is 0 Å². The van der Waals surface area contributed by atoms with E-state index in [0.717, 1.165) is 50.6 Å². The van der Waals surface area contributed by atoms with Gasteiger partial charge >= 0.3 is 0 Å². The van der Waals surface area contributed by atoms with Crippen molar-refractivity contribution in [2.24, 2.45) is 5.73 Å². The standard InChI is InChI=1S/C15H24N2O3/c16-14(12-18)13-4-1-2-5-15(13)20-9-3-6-17-7-10-19-11-8-17/h1-2,4-5,14,18H,3,6-12,16H2/t14-/m1/s1. The van der Waals surface area contributed by atoms with Gasteiger partial charge in [-0.15, -0.1) is 0 Å². The first-order valence-electron chi connectivity index (χ1n) is 7.19. The van der Waals surface area contributed by atoms with Crippen molar-refractivity contribution in [1.29, 1.82) is 0 Å². The fourth-order valence-corrected chi connectivity index (χ4v) is 2.31. The molecule has 1 aromatic rings. The minimum absolute atomic E-state index is 0.0752. The topological polar surface area (TPSA) is 68.0 Å². The average Bonchev–Trinajstić information content (AvgIpc) is 2.52. The zero-order valence-electron chi connectivity index (χ0n) is 11.8. The zero-order valence-corrected chi connectivity index (χ0v) is 11.8. The molecule has 5 heteroatoms. The average molecular weight is 280 g/mol. The van der Waals surface area contributed by atoms with Gasteiger partial charge in [-0.25, -0.2) is 0 Å². The van der Waals surface area contributed by atoms with Crippen LogP contribution in [0.5, 0.6) is 5.75 Å². The molecule has 20 heavy (non-hydrogen) atoms. The van der Waals surface area contributed by atoms with Crippen LogP contribution in [0.1, 0.15) is 18.0 Å². The van der Waals surface area contributed by atoms with Crippen molar-refractivity contribution in [3.63, 3.8) is 0 Å². The largest absolute Gasteiger partial charge is 0.493 e. The first-order valence-corrected chi connectivity index (χ1v) is 7.19. The summed E-state index contributed by atoms with van der Waals surface area (Å²) in [6.45, 7) is 5.28. The molecule has 0 spiro atoms. The number of aliphatic hydroxyl groups is 1. The predicted octanol–water partition coefficient (Wildman–Crippen LogP) is 0.780. The maximum atomic E-state index is 9.16. The van der Waals surface area contributed by atoms with E-state index in [2.05, 4.69) is 4.90 Å². The Morgan fingerprint density at radius 2 is 2.05 bits per heavy atom. The summed E-state index contributed by atoms with van der Waals surface area (Å²) in [6.07, 6.45) is 0.975. The van der Waals surface area contributed by atoms with Crippen molar-refractivity contribution in [2.45, 2.75) is 12.5 Å². The van der Waals surface area contributed by atoms with Crippen molar-refractivity contribution in [1.82, 2.24) is 4.90 Å². The molecule has 3 N–H and O–H groups in total. The summed E-state index contributed by atoms with van der Waals surface area (Å²) >= 11 is 0. The van der Waals surface area contributed by atoms with Gasteiger partial charge in [0.1, 0.15) is 5.75 Å². The number of para-hydroxylation sites is 1. The van der Waals surface area contributed by atoms with E-state index in [1.165, 1.54) is 0 Å². The molecule has 0 saturated carbocycles. The Balaban J connectivity index is 1.76. The first kappa shape index (κ1) is 15.3. The molecule has 0 aromatic heterocycles. The molecule has 2 rings (SSSR count). The first-order chi connectivity index (χ1) is 9.81. The molecule has 1 aliphatic rings. The molecule has 1 aliphatic heterocycles. The van der Waals surface area contributed by atoms with E-state index in [1.54, 1.807) is 0 Å². The molecule has 5 nitrogen and oxygen atoms in total. The van der Waals surface area contributed by atoms with Crippen molar-refractivity contribution in [3.8, 4) is 5.75 Å². The molecule has 1 atom stereocenters. The third kappa shape index (κ3) is 4.45. The van der Waals surface area contributed by atoms with Gasteiger partial charge < -0.3 is 20.3 Å². The summed E-state index contributed by atoms with van der Waals surface area (Å²) < 4.78 is 11.1. The molecule has 0 radical (unpaired) electrons. The van der Waals surface area contributed by atoms with E-state index in [-0.39, 0.29) is 12.6 Å². The second-order valence-electron chi connectivity index (χ2n) is 4.98. The Labute approximate surface area is 120 Å². The fourth-order valence-electron chi connectivity index (χ4n) is 2.31. The fraction of sp³-hybridized carbons (Fsp3) is 0.600. The predicted molar refractivity (Wildman–Crippen MR) is 77.8 cm³/mol. The molecule has 1 aromatic carbocycles. The molecule has 0 amide bonds. The Hall–Kier alpha value is -1.14. The van der Waals surface area contributed by atoms with E-state index in [4.69, 9.17) is 20.3 Å². The minimum atomic E-state index is -0.384. The number of hydrogen-bond acceptors (Lipinski definition) is 5. The molecule has 112 valence electrons. The molecular formula is C15H24N2O3. The van der Waals surface area contributed by atoms with Crippen LogP contribution in [0.25, 0.3) is 0 Å². The number of rotatable bonds is 7. The van der Waals surface area contributed by atoms with Crippen LogP contribution in [0.3, 0.4) is 0 Å². The SMILES string of the molecule is N[C@H](CO)c1ccccc1OCCCN1CCOCC1. The van der Waals surface area contributed by atoms with E-state index in [0.29, 0.717) is 6.61 Å². The minimum Gasteiger partial charge on any atom is -0.493 e. The maximum absolute atomic E-state index is 9.16. The summed E-state index contributed by atoms with van der Waals surface area (Å²) in [5, 5.41) is 9.16. The quantitative estimate of drug-likeness (QED) is 0.722. The van der Waals surface area contributed by atoms with Crippen LogP contribution < -0.4 is 10.5 Å². The number of ether oxygens (including phenoxy) is 2. The van der Waals surface area contributed by atoms with Crippen LogP contribution in [0.15, 0.2) is 24.3 Å². The van der Waals surface area contributed by atoms with Crippen molar-refractivity contribution >= 4 is 0 Å². The Bertz CT molecular complexity index is 394. The number of nitrogens with zero attached hydrogens (tertiary/aromatic N) is 1. The van der Waals surface area contributed by atoms with Crippen LogP contribution in [-0.2, 0) is 4.74 Å². The molecule has 1 saturated heterocycles. The lowest BCUT2D eigenvalue weighted by Gasteiger charge is -2.26. The van der Waals surface area contributed by atoms with Gasteiger partial charge in [-0.3, -0.25) is 4.90 Å². The third-order valence-electron chi connectivity index (χ3n) is 3.50. The number of nitrogens with two attached hydrogens (primary N) is 1. The van der Waals surface area contributed by atoms with Gasteiger partial charge in [-0.1, -0.05) is 18.2 Å². The molecule has 0 bridgehead atoms. The van der Waals surface area contributed by atoms with E-state index >= 15 is 0 Å². The smallest absolute Gasteiger partial charge is 0.124 e. The highest BCUT2D eigenvalue weighted by Crippen LogP contribution is 2.23. The summed E-state index contributed by atoms with van der Waals surface area (Å²) in [5.74, 6) is 0.774. The lowest BCUT2D eigenvalue weighted by atomic mass is 10.1. The molecule has 1 fully saturated rings. The third-order valence-corrected chi connectivity index (χ3v) is 3.50. The Kier molecular flexibility index (Phi) is 6.26. The highest BCUT2D eigenvalue weighted by atomic mass is 16.5. The second-order valence-corrected chi connectivity index (χ2v) is 4.98. The Morgan fingerprint density at radius 3 is 2.80 bits per heavy atom. The zero-order chi connectivity index (χ0) is 14.2. The summed E-state index contributed by atoms with van der Waals surface area (Å²) in [5.41, 5.74) is 6.73. The van der Waals surface area contributed by atoms with Crippen molar-refractivity contribution in [3.05, 3.63) is 29.8 Å². The van der Waals surface area contributed by atoms with Crippen LogP contribution >= 0.6 is 0 Å². The van der Waals surface area contributed by atoms with Crippen molar-refractivity contribution < 1.29 is 14.6 Å². The lowest BCUT2D eigenvalue weighted by molar-refractivity contribution is 0.0357. The van der Waals surface area contributed by atoms with Crippen molar-refractivity contribution in [2.75, 3.05) is 46.1 Å². The Morgan fingerprint density at radius 1 is 1.30 bits per heavy atom. The summed E-state index contributed by atoms with van der Waals surface area (Å²) in [6, 6.07) is 7.25. The monoisotopic (exact) mass is 280 g/mol. The highest BCUT2D eigenvalue weighted by molar-refractivity contribution is 5.35. The molecule has 0 aliphatic carbocycles. The van der Waals surface area contributed by atoms with Gasteiger partial charge in [0, 0.05) is 25.2 Å². The number of benzene rings is 1. The lowest BCUT2D eigenvalue weighted by Crippen LogP contribution is -2.37. The molecule has 0 unspecified atom stereocenters. The summed E-state index contributed by atoms with van der Waals surface area (Å²) in [4.78, 5) is 2.39. The number of morpholine rings is 1. The molecular weight excluding hydrogens is 256 g/mol. The summed E-state index contributed by atoms with van der Waals surface area (Å²) in [7, 11) is 0. The second kappa shape index (κ2) is 8.21. The van der Waals surface area contributed by atoms with Gasteiger partial charge in [0.2, 0.25) is 0 Å². The van der Waals surface area contributed by atoms with Gasteiger partial charge in [0.05, 0.1) is 32.5 Å². The van der Waals surface area contributed by atoms with Gasteiger partial charge in [-0.2, -0.15) is 0 Å². The van der Waals surface area contributed by atoms with Gasteiger partial charge in [0.15, 0.2) is 0 Å². The number of hydrogen-bond donors (Lipinski definition) is 2. The van der Waals surface area contributed by atoms with Gasteiger partial charge in [0.25, 0.3) is 0 Å². The van der Waals surface area contributed by atoms with Gasteiger partial charge in [-0.05, 0) is 12.5 Å².